The van der Waals surface area contributed by atoms with Crippen molar-refractivity contribution in [2.24, 2.45) is 0 Å². The highest BCUT2D eigenvalue weighted by molar-refractivity contribution is 5.87. The third-order valence-electron chi connectivity index (χ3n) is 4.08. The topological polar surface area (TPSA) is 80.9 Å². The molecule has 0 atom stereocenters. The minimum Gasteiger partial charge on any atom is -0.497 e. The fraction of sp³-hybridized carbons (Fsp3) is 0.150. The monoisotopic (exact) mass is 350 g/mol. The van der Waals surface area contributed by atoms with Gasteiger partial charge in [-0.15, -0.1) is 0 Å². The number of nitrogens with zero attached hydrogens (tertiary/aromatic N) is 2. The number of methoxy groups -OCH3 is 1. The Balaban J connectivity index is 2.10. The molecule has 0 fully saturated rings. The van der Waals surface area contributed by atoms with E-state index in [4.69, 9.17) is 9.84 Å². The Morgan fingerprint density at radius 2 is 2.08 bits per heavy atom. The molecule has 0 unspecified atom stereocenters. The molecule has 6 nitrogen and oxygen atoms in total. The molecule has 0 saturated carbocycles. The average molecular weight is 350 g/mol. The van der Waals surface area contributed by atoms with Gasteiger partial charge in [-0.3, -0.25) is 9.20 Å². The van der Waals surface area contributed by atoms with Crippen LogP contribution in [0, 0.1) is 0 Å². The molecule has 0 saturated heterocycles. The summed E-state index contributed by atoms with van der Waals surface area (Å²) in [5.74, 6) is -0.338. The Morgan fingerprint density at radius 1 is 1.27 bits per heavy atom. The smallest absolute Gasteiger partial charge is 0.337 e. The van der Waals surface area contributed by atoms with Crippen molar-refractivity contribution in [1.29, 1.82) is 0 Å². The van der Waals surface area contributed by atoms with Gasteiger partial charge in [0.1, 0.15) is 11.4 Å². The molecule has 0 amide bonds. The predicted molar refractivity (Wildman–Crippen MR) is 99.7 cm³/mol. The fourth-order valence-electron chi connectivity index (χ4n) is 2.71. The summed E-state index contributed by atoms with van der Waals surface area (Å²) in [5, 5.41) is 9.11. The zero-order chi connectivity index (χ0) is 18.7. The van der Waals surface area contributed by atoms with Gasteiger partial charge in [-0.25, -0.2) is 9.78 Å². The van der Waals surface area contributed by atoms with Gasteiger partial charge in [-0.2, -0.15) is 0 Å². The molecule has 2 aromatic heterocycles. The summed E-state index contributed by atoms with van der Waals surface area (Å²) in [6.07, 6.45) is 5.46. The minimum absolute atomic E-state index is 0.0446. The normalized spacial score (nSPS) is 11.2. The molecule has 0 aliphatic rings. The first-order chi connectivity index (χ1) is 12.5. The second kappa shape index (κ2) is 7.23. The summed E-state index contributed by atoms with van der Waals surface area (Å²) in [6.45, 7) is 1.87. The van der Waals surface area contributed by atoms with Crippen LogP contribution in [0.5, 0.6) is 5.75 Å². The van der Waals surface area contributed by atoms with E-state index in [0.29, 0.717) is 23.3 Å². The van der Waals surface area contributed by atoms with E-state index in [1.807, 2.05) is 37.3 Å². The Labute approximate surface area is 150 Å². The highest BCUT2D eigenvalue weighted by atomic mass is 16.5. The van der Waals surface area contributed by atoms with Crippen LogP contribution in [-0.4, -0.2) is 27.6 Å². The molecule has 1 aromatic carbocycles. The van der Waals surface area contributed by atoms with E-state index in [-0.39, 0.29) is 11.1 Å². The highest BCUT2D eigenvalue weighted by Crippen LogP contribution is 2.16. The van der Waals surface area contributed by atoms with Crippen molar-refractivity contribution in [2.75, 3.05) is 7.11 Å². The molecular weight excluding hydrogens is 332 g/mol. The van der Waals surface area contributed by atoms with Crippen LogP contribution in [0.15, 0.2) is 47.4 Å². The first-order valence-corrected chi connectivity index (χ1v) is 8.14. The van der Waals surface area contributed by atoms with Gasteiger partial charge < -0.3 is 9.84 Å². The third-order valence-corrected chi connectivity index (χ3v) is 4.08. The molecule has 6 heteroatoms. The zero-order valence-electron chi connectivity index (χ0n) is 14.5. The van der Waals surface area contributed by atoms with Crippen LogP contribution in [0.3, 0.4) is 0 Å². The molecule has 3 aromatic rings. The molecule has 0 spiro atoms. The van der Waals surface area contributed by atoms with Crippen LogP contribution >= 0.6 is 0 Å². The van der Waals surface area contributed by atoms with E-state index in [1.165, 1.54) is 22.7 Å². The first-order valence-electron chi connectivity index (χ1n) is 8.14. The van der Waals surface area contributed by atoms with Gasteiger partial charge in [0.2, 0.25) is 0 Å². The SMILES string of the molecule is CCc1c(C=Cc2cccc(OC)c2)nc2ccc(C(=O)O)cn2c1=O. The fourth-order valence-corrected chi connectivity index (χ4v) is 2.71. The van der Waals surface area contributed by atoms with Crippen LogP contribution in [0.4, 0.5) is 0 Å². The summed E-state index contributed by atoms with van der Waals surface area (Å²) in [5.41, 5.74) is 2.22. The Morgan fingerprint density at radius 3 is 2.77 bits per heavy atom. The van der Waals surface area contributed by atoms with Crippen molar-refractivity contribution >= 4 is 23.8 Å². The van der Waals surface area contributed by atoms with Crippen molar-refractivity contribution in [3.63, 3.8) is 0 Å². The maximum absolute atomic E-state index is 12.7. The lowest BCUT2D eigenvalue weighted by atomic mass is 10.1. The van der Waals surface area contributed by atoms with Crippen molar-refractivity contribution < 1.29 is 14.6 Å². The Hall–Kier alpha value is -3.41. The molecule has 3 rings (SSSR count). The summed E-state index contributed by atoms with van der Waals surface area (Å²) in [6, 6.07) is 10.5. The van der Waals surface area contributed by atoms with E-state index in [0.717, 1.165) is 11.3 Å². The molecule has 0 radical (unpaired) electrons. The maximum atomic E-state index is 12.7. The number of pyridine rings is 1. The van der Waals surface area contributed by atoms with Crippen molar-refractivity contribution in [3.8, 4) is 5.75 Å². The van der Waals surface area contributed by atoms with E-state index in [9.17, 15) is 9.59 Å². The van der Waals surface area contributed by atoms with Gasteiger partial charge >= 0.3 is 5.97 Å². The van der Waals surface area contributed by atoms with Gasteiger partial charge in [-0.1, -0.05) is 25.1 Å². The minimum atomic E-state index is -1.08. The van der Waals surface area contributed by atoms with Gasteiger partial charge in [-0.05, 0) is 42.3 Å². The van der Waals surface area contributed by atoms with Gasteiger partial charge in [0.15, 0.2) is 0 Å². The Kier molecular flexibility index (Phi) is 4.84. The first kappa shape index (κ1) is 17.4. The molecule has 0 bridgehead atoms. The van der Waals surface area contributed by atoms with Gasteiger partial charge in [0.05, 0.1) is 18.4 Å². The molecular formula is C20H18N2O4. The number of benzene rings is 1. The van der Waals surface area contributed by atoms with Gasteiger partial charge in [0.25, 0.3) is 5.56 Å². The summed E-state index contributed by atoms with van der Waals surface area (Å²) >= 11 is 0. The Bertz CT molecular complexity index is 1070. The molecule has 0 aliphatic carbocycles. The molecule has 0 aliphatic heterocycles. The van der Waals surface area contributed by atoms with E-state index in [1.54, 1.807) is 13.2 Å². The van der Waals surface area contributed by atoms with Crippen LogP contribution in [0.2, 0.25) is 0 Å². The zero-order valence-corrected chi connectivity index (χ0v) is 14.5. The average Bonchev–Trinajstić information content (AvgIpc) is 2.66. The van der Waals surface area contributed by atoms with Crippen molar-refractivity contribution in [1.82, 2.24) is 9.38 Å². The van der Waals surface area contributed by atoms with Crippen LogP contribution < -0.4 is 10.3 Å². The predicted octanol–water partition coefficient (Wildman–Crippen LogP) is 3.13. The van der Waals surface area contributed by atoms with Gasteiger partial charge in [0, 0.05) is 11.8 Å². The van der Waals surface area contributed by atoms with Crippen molar-refractivity contribution in [3.05, 3.63) is 75.3 Å². The number of fused-ring (bicyclic) bond motifs is 1. The van der Waals surface area contributed by atoms with Crippen molar-refractivity contribution in [2.45, 2.75) is 13.3 Å². The second-order valence-electron chi connectivity index (χ2n) is 5.70. The summed E-state index contributed by atoms with van der Waals surface area (Å²) in [7, 11) is 1.61. The number of rotatable bonds is 5. The quantitative estimate of drug-likeness (QED) is 0.764. The largest absolute Gasteiger partial charge is 0.497 e. The lowest BCUT2D eigenvalue weighted by Crippen LogP contribution is -2.22. The number of aromatic nitrogens is 2. The number of hydrogen-bond donors (Lipinski definition) is 1. The second-order valence-corrected chi connectivity index (χ2v) is 5.70. The lowest BCUT2D eigenvalue weighted by molar-refractivity contribution is 0.0696. The van der Waals surface area contributed by atoms with Crippen LogP contribution in [-0.2, 0) is 6.42 Å². The molecule has 132 valence electrons. The number of ether oxygens (including phenoxy) is 1. The van der Waals surface area contributed by atoms with E-state index < -0.39 is 5.97 Å². The van der Waals surface area contributed by atoms with E-state index in [2.05, 4.69) is 4.98 Å². The third kappa shape index (κ3) is 3.35. The number of carboxylic acid groups (broad SMARTS) is 1. The highest BCUT2D eigenvalue weighted by Gasteiger charge is 2.11. The summed E-state index contributed by atoms with van der Waals surface area (Å²) < 4.78 is 6.49. The maximum Gasteiger partial charge on any atom is 0.337 e. The van der Waals surface area contributed by atoms with Crippen LogP contribution in [0.25, 0.3) is 17.8 Å². The molecule has 1 N–H and O–H groups in total. The number of hydrogen-bond acceptors (Lipinski definition) is 4. The summed E-state index contributed by atoms with van der Waals surface area (Å²) in [4.78, 5) is 28.4. The molecule has 26 heavy (non-hydrogen) atoms. The number of carboxylic acids is 1. The number of aromatic carboxylic acids is 1. The molecule has 2 heterocycles. The van der Waals surface area contributed by atoms with Crippen LogP contribution in [0.1, 0.15) is 34.1 Å². The lowest BCUT2D eigenvalue weighted by Gasteiger charge is -2.08. The number of carbonyl (C=O) groups is 1. The standard InChI is InChI=1S/C20H18N2O4/c1-3-16-17(9-7-13-5-4-6-15(11-13)26-2)21-18-10-8-14(20(24)25)12-22(18)19(16)23/h4-12H,3H2,1-2H3,(H,24,25). The van der Waals surface area contributed by atoms with E-state index >= 15 is 0 Å².